The molecule has 0 aliphatic carbocycles. The van der Waals surface area contributed by atoms with Crippen molar-refractivity contribution in [2.45, 2.75) is 19.1 Å². The van der Waals surface area contributed by atoms with Gasteiger partial charge in [-0.1, -0.05) is 30.3 Å². The van der Waals surface area contributed by atoms with Gasteiger partial charge in [0.25, 0.3) is 0 Å². The lowest BCUT2D eigenvalue weighted by atomic mass is 10.1. The number of imidazole rings is 1. The predicted octanol–water partition coefficient (Wildman–Crippen LogP) is 3.39. The molecular formula is C24H27N7O. The summed E-state index contributed by atoms with van der Waals surface area (Å²) in [6, 6.07) is 18.4. The number of fused-ring (bicyclic) bond motifs is 1. The molecule has 1 aliphatic heterocycles. The van der Waals surface area contributed by atoms with Gasteiger partial charge < -0.3 is 20.7 Å². The number of hydrogen-bond acceptors (Lipinski definition) is 7. The normalized spacial score (nSPS) is 17.2. The topological polar surface area (TPSA) is 88.9 Å². The van der Waals surface area contributed by atoms with Crippen LogP contribution in [-0.2, 0) is 4.74 Å². The molecule has 1 saturated heterocycles. The molecule has 1 aliphatic rings. The van der Waals surface area contributed by atoms with Crippen LogP contribution < -0.4 is 16.0 Å². The molecule has 0 saturated carbocycles. The molecule has 32 heavy (non-hydrogen) atoms. The number of benzene rings is 2. The smallest absolute Gasteiger partial charge is 0.225 e. The third-order valence-corrected chi connectivity index (χ3v) is 5.62. The Morgan fingerprint density at radius 2 is 2.06 bits per heavy atom. The Morgan fingerprint density at radius 1 is 1.16 bits per heavy atom. The highest BCUT2D eigenvalue weighted by atomic mass is 16.5. The van der Waals surface area contributed by atoms with E-state index in [2.05, 4.69) is 63.2 Å². The van der Waals surface area contributed by atoms with Gasteiger partial charge >= 0.3 is 0 Å². The summed E-state index contributed by atoms with van der Waals surface area (Å²) in [6.07, 6.45) is 3.75. The summed E-state index contributed by atoms with van der Waals surface area (Å²) in [7, 11) is 0. The van der Waals surface area contributed by atoms with E-state index in [0.717, 1.165) is 48.8 Å². The molecule has 2 aromatic carbocycles. The van der Waals surface area contributed by atoms with Crippen LogP contribution in [0.1, 0.15) is 18.5 Å². The van der Waals surface area contributed by atoms with Gasteiger partial charge in [-0.15, -0.1) is 0 Å². The highest BCUT2D eigenvalue weighted by Crippen LogP contribution is 2.22. The van der Waals surface area contributed by atoms with Gasteiger partial charge in [0.05, 0.1) is 29.8 Å². The lowest BCUT2D eigenvalue weighted by Crippen LogP contribution is -2.42. The average molecular weight is 430 g/mol. The van der Waals surface area contributed by atoms with E-state index in [0.29, 0.717) is 5.95 Å². The van der Waals surface area contributed by atoms with E-state index in [1.807, 2.05) is 28.8 Å². The monoisotopic (exact) mass is 429 g/mol. The van der Waals surface area contributed by atoms with Gasteiger partial charge in [-0.2, -0.15) is 4.98 Å². The number of nitrogens with one attached hydrogen (secondary N) is 3. The van der Waals surface area contributed by atoms with Crippen molar-refractivity contribution >= 4 is 22.7 Å². The van der Waals surface area contributed by atoms with Gasteiger partial charge in [0.15, 0.2) is 0 Å². The second kappa shape index (κ2) is 9.33. The fourth-order valence-electron chi connectivity index (χ4n) is 3.86. The number of nitrogens with zero attached hydrogens (tertiary/aromatic N) is 4. The molecule has 5 rings (SSSR count). The number of rotatable bonds is 7. The average Bonchev–Trinajstić information content (AvgIpc) is 3.27. The first-order chi connectivity index (χ1) is 15.8. The Labute approximate surface area is 187 Å². The number of aromatic nitrogens is 4. The summed E-state index contributed by atoms with van der Waals surface area (Å²) in [5, 5.41) is 10.2. The van der Waals surface area contributed by atoms with Crippen LogP contribution in [0, 0.1) is 0 Å². The van der Waals surface area contributed by atoms with Gasteiger partial charge in [-0.05, 0) is 36.8 Å². The number of hydrogen-bond donors (Lipinski definition) is 3. The van der Waals surface area contributed by atoms with Gasteiger partial charge in [0.1, 0.15) is 12.1 Å². The highest BCUT2D eigenvalue weighted by Gasteiger charge is 2.14. The number of anilines is 2. The minimum absolute atomic E-state index is 0.1000. The Morgan fingerprint density at radius 3 is 2.91 bits per heavy atom. The molecule has 164 valence electrons. The van der Waals surface area contributed by atoms with Gasteiger partial charge in [0.2, 0.25) is 5.95 Å². The Balaban J connectivity index is 1.31. The third-order valence-electron chi connectivity index (χ3n) is 5.62. The van der Waals surface area contributed by atoms with Crippen LogP contribution in [0.15, 0.2) is 67.1 Å². The minimum atomic E-state index is 0.1000. The van der Waals surface area contributed by atoms with E-state index >= 15 is 0 Å². The van der Waals surface area contributed by atoms with Crippen LogP contribution >= 0.6 is 0 Å². The predicted molar refractivity (Wildman–Crippen MR) is 126 cm³/mol. The first kappa shape index (κ1) is 20.4. The van der Waals surface area contributed by atoms with Crippen LogP contribution in [0.4, 0.5) is 11.6 Å². The van der Waals surface area contributed by atoms with Gasteiger partial charge in [0, 0.05) is 31.5 Å². The molecule has 1 fully saturated rings. The van der Waals surface area contributed by atoms with Gasteiger partial charge in [-0.25, -0.2) is 9.97 Å². The zero-order valence-corrected chi connectivity index (χ0v) is 18.0. The van der Waals surface area contributed by atoms with Crippen molar-refractivity contribution in [1.29, 1.82) is 0 Å². The van der Waals surface area contributed by atoms with Crippen molar-refractivity contribution in [2.24, 2.45) is 0 Å². The van der Waals surface area contributed by atoms with Crippen molar-refractivity contribution in [3.05, 3.63) is 72.7 Å². The van der Waals surface area contributed by atoms with Crippen LogP contribution in [0.2, 0.25) is 0 Å². The molecular weight excluding hydrogens is 402 g/mol. The van der Waals surface area contributed by atoms with Crippen LogP contribution in [-0.4, -0.2) is 51.9 Å². The molecule has 2 unspecified atom stereocenters. The summed E-state index contributed by atoms with van der Waals surface area (Å²) < 4.78 is 7.73. The Kier molecular flexibility index (Phi) is 5.96. The van der Waals surface area contributed by atoms with Crippen LogP contribution in [0.3, 0.4) is 0 Å². The zero-order chi connectivity index (χ0) is 21.8. The molecule has 4 aromatic rings. The summed E-state index contributed by atoms with van der Waals surface area (Å²) in [5.41, 5.74) is 4.11. The number of morpholine rings is 1. The summed E-state index contributed by atoms with van der Waals surface area (Å²) in [4.78, 5) is 13.7. The maximum absolute atomic E-state index is 5.75. The SMILES string of the molecule is CC(Nc1nccc(-n2cnc3cc(NCC4CNCCO4)ccc32)n1)c1ccccc1. The Bertz CT molecular complexity index is 1170. The second-order valence-corrected chi connectivity index (χ2v) is 7.91. The molecule has 8 heteroatoms. The van der Waals surface area contributed by atoms with Crippen molar-refractivity contribution in [2.75, 3.05) is 36.9 Å². The quantitative estimate of drug-likeness (QED) is 0.415. The largest absolute Gasteiger partial charge is 0.382 e. The van der Waals surface area contributed by atoms with Crippen molar-refractivity contribution in [3.63, 3.8) is 0 Å². The standard InChI is InChI=1S/C24H27N7O/c1-17(18-5-3-2-4-6-18)29-24-26-10-9-23(30-24)31-16-28-21-13-19(7-8-22(21)31)27-15-20-14-25-11-12-32-20/h2-10,13,16-17,20,25,27H,11-12,14-15H2,1H3,(H,26,29,30). The summed E-state index contributed by atoms with van der Waals surface area (Å²) >= 11 is 0. The van der Waals surface area contributed by atoms with Crippen LogP contribution in [0.25, 0.3) is 16.9 Å². The second-order valence-electron chi connectivity index (χ2n) is 7.91. The minimum Gasteiger partial charge on any atom is -0.382 e. The van der Waals surface area contributed by atoms with Crippen molar-refractivity contribution in [3.8, 4) is 5.82 Å². The molecule has 0 radical (unpaired) electrons. The summed E-state index contributed by atoms with van der Waals surface area (Å²) in [6.45, 7) is 5.42. The molecule has 3 N–H and O–H groups in total. The van der Waals surface area contributed by atoms with E-state index < -0.39 is 0 Å². The molecule has 3 heterocycles. The lowest BCUT2D eigenvalue weighted by molar-refractivity contribution is 0.0372. The molecule has 2 atom stereocenters. The lowest BCUT2D eigenvalue weighted by Gasteiger charge is -2.24. The van der Waals surface area contributed by atoms with Crippen molar-refractivity contribution in [1.82, 2.24) is 24.8 Å². The van der Waals surface area contributed by atoms with Gasteiger partial charge in [-0.3, -0.25) is 4.57 Å². The molecule has 0 bridgehead atoms. The van der Waals surface area contributed by atoms with E-state index in [-0.39, 0.29) is 12.1 Å². The number of ether oxygens (including phenoxy) is 1. The first-order valence-corrected chi connectivity index (χ1v) is 10.9. The molecule has 2 aromatic heterocycles. The van der Waals surface area contributed by atoms with Crippen molar-refractivity contribution < 1.29 is 4.74 Å². The maximum Gasteiger partial charge on any atom is 0.225 e. The zero-order valence-electron chi connectivity index (χ0n) is 18.0. The van der Waals surface area contributed by atoms with E-state index in [1.54, 1.807) is 12.5 Å². The fraction of sp³-hybridized carbons (Fsp3) is 0.292. The highest BCUT2D eigenvalue weighted by molar-refractivity contribution is 5.81. The van der Waals surface area contributed by atoms with E-state index in [4.69, 9.17) is 9.72 Å². The van der Waals surface area contributed by atoms with E-state index in [9.17, 15) is 0 Å². The first-order valence-electron chi connectivity index (χ1n) is 10.9. The molecule has 0 amide bonds. The van der Waals surface area contributed by atoms with E-state index in [1.165, 1.54) is 5.56 Å². The Hall–Kier alpha value is -3.49. The van der Waals surface area contributed by atoms with Crippen LogP contribution in [0.5, 0.6) is 0 Å². The molecule has 0 spiro atoms. The maximum atomic E-state index is 5.75. The summed E-state index contributed by atoms with van der Waals surface area (Å²) in [5.74, 6) is 1.35. The third kappa shape index (κ3) is 4.56. The fourth-order valence-corrected chi connectivity index (χ4v) is 3.86. The molecule has 8 nitrogen and oxygen atoms in total.